The standard InChI is InChI=1S/C24H30N4O/c1-20(23-7-4-3-5-8-23)26(2)24(29)19-28-14-6-13-27(15-16-28)18-22-11-9-21(17-25)10-12-22/h3-5,7-12,20H,6,13-16,18-19H2,1-2H3. The second kappa shape index (κ2) is 10.2. The van der Waals surface area contributed by atoms with Gasteiger partial charge in [-0.3, -0.25) is 14.6 Å². The first kappa shape index (κ1) is 21.0. The Hall–Kier alpha value is -2.68. The van der Waals surface area contributed by atoms with E-state index < -0.39 is 0 Å². The number of likely N-dealkylation sites (N-methyl/N-ethyl adjacent to an activating group) is 1. The number of rotatable bonds is 6. The van der Waals surface area contributed by atoms with Crippen molar-refractivity contribution in [3.05, 3.63) is 71.3 Å². The van der Waals surface area contributed by atoms with Crippen LogP contribution in [-0.4, -0.2) is 60.4 Å². The molecule has 0 spiro atoms. The molecule has 2 aromatic rings. The van der Waals surface area contributed by atoms with Crippen molar-refractivity contribution in [3.8, 4) is 6.07 Å². The van der Waals surface area contributed by atoms with Crippen molar-refractivity contribution in [2.45, 2.75) is 25.9 Å². The SMILES string of the molecule is CC(c1ccccc1)N(C)C(=O)CN1CCCN(Cc2ccc(C#N)cc2)CC1. The van der Waals surface area contributed by atoms with E-state index >= 15 is 0 Å². The van der Waals surface area contributed by atoms with Gasteiger partial charge >= 0.3 is 0 Å². The van der Waals surface area contributed by atoms with E-state index in [4.69, 9.17) is 5.26 Å². The van der Waals surface area contributed by atoms with Gasteiger partial charge in [-0.1, -0.05) is 42.5 Å². The van der Waals surface area contributed by atoms with Crippen molar-refractivity contribution in [1.82, 2.24) is 14.7 Å². The van der Waals surface area contributed by atoms with E-state index in [-0.39, 0.29) is 11.9 Å². The Morgan fingerprint density at radius 3 is 2.38 bits per heavy atom. The maximum atomic E-state index is 12.8. The minimum atomic E-state index is 0.0727. The van der Waals surface area contributed by atoms with Crippen LogP contribution in [0, 0.1) is 11.3 Å². The zero-order valence-corrected chi connectivity index (χ0v) is 17.4. The molecule has 5 nitrogen and oxygen atoms in total. The molecule has 1 unspecified atom stereocenters. The summed E-state index contributed by atoms with van der Waals surface area (Å²) in [5.74, 6) is 0.168. The van der Waals surface area contributed by atoms with Crippen molar-refractivity contribution in [1.29, 1.82) is 5.26 Å². The fourth-order valence-electron chi connectivity index (χ4n) is 3.76. The van der Waals surface area contributed by atoms with Crippen molar-refractivity contribution in [3.63, 3.8) is 0 Å². The van der Waals surface area contributed by atoms with Crippen LogP contribution in [0.5, 0.6) is 0 Å². The van der Waals surface area contributed by atoms with Crippen LogP contribution in [0.2, 0.25) is 0 Å². The van der Waals surface area contributed by atoms with E-state index in [9.17, 15) is 4.79 Å². The summed E-state index contributed by atoms with van der Waals surface area (Å²) in [6, 6.07) is 20.2. The zero-order chi connectivity index (χ0) is 20.6. The predicted molar refractivity (Wildman–Crippen MR) is 115 cm³/mol. The smallest absolute Gasteiger partial charge is 0.236 e. The number of nitriles is 1. The molecule has 3 rings (SSSR count). The Balaban J connectivity index is 1.50. The highest BCUT2D eigenvalue weighted by Gasteiger charge is 2.22. The maximum Gasteiger partial charge on any atom is 0.236 e. The molecule has 0 bridgehead atoms. The molecule has 1 heterocycles. The van der Waals surface area contributed by atoms with Crippen molar-refractivity contribution in [2.75, 3.05) is 39.8 Å². The third-order valence-corrected chi connectivity index (χ3v) is 5.79. The second-order valence-electron chi connectivity index (χ2n) is 7.81. The lowest BCUT2D eigenvalue weighted by atomic mass is 10.1. The Morgan fingerprint density at radius 1 is 1.03 bits per heavy atom. The van der Waals surface area contributed by atoms with Crippen molar-refractivity contribution in [2.24, 2.45) is 0 Å². The Labute approximate surface area is 174 Å². The van der Waals surface area contributed by atoms with Crippen LogP contribution >= 0.6 is 0 Å². The third-order valence-electron chi connectivity index (χ3n) is 5.79. The number of nitrogens with zero attached hydrogens (tertiary/aromatic N) is 4. The van der Waals surface area contributed by atoms with Gasteiger partial charge in [-0.2, -0.15) is 5.26 Å². The van der Waals surface area contributed by atoms with Gasteiger partial charge in [0.05, 0.1) is 24.2 Å². The van der Waals surface area contributed by atoms with Crippen molar-refractivity contribution >= 4 is 5.91 Å². The summed E-state index contributed by atoms with van der Waals surface area (Å²) in [5, 5.41) is 8.93. The van der Waals surface area contributed by atoms with Gasteiger partial charge in [0.1, 0.15) is 0 Å². The molecule has 1 fully saturated rings. The number of hydrogen-bond donors (Lipinski definition) is 0. The topological polar surface area (TPSA) is 50.6 Å². The van der Waals surface area contributed by atoms with Crippen LogP contribution in [0.1, 0.15) is 36.1 Å². The lowest BCUT2D eigenvalue weighted by molar-refractivity contribution is -0.133. The lowest BCUT2D eigenvalue weighted by Crippen LogP contribution is -2.41. The molecule has 29 heavy (non-hydrogen) atoms. The molecule has 1 atom stereocenters. The number of hydrogen-bond acceptors (Lipinski definition) is 4. The Kier molecular flexibility index (Phi) is 7.40. The number of carbonyl (C=O) groups excluding carboxylic acids is 1. The molecule has 1 saturated heterocycles. The molecule has 0 aromatic heterocycles. The van der Waals surface area contributed by atoms with Crippen LogP contribution in [-0.2, 0) is 11.3 Å². The molecule has 5 heteroatoms. The van der Waals surface area contributed by atoms with E-state index in [0.29, 0.717) is 12.1 Å². The number of carbonyl (C=O) groups is 1. The summed E-state index contributed by atoms with van der Waals surface area (Å²) in [6.07, 6.45) is 1.06. The molecule has 152 valence electrons. The molecule has 1 amide bonds. The first-order valence-electron chi connectivity index (χ1n) is 10.3. The van der Waals surface area contributed by atoms with E-state index in [1.807, 2.05) is 54.4 Å². The fourth-order valence-corrected chi connectivity index (χ4v) is 3.76. The van der Waals surface area contributed by atoms with Crippen LogP contribution in [0.4, 0.5) is 0 Å². The molecule has 2 aromatic carbocycles. The fraction of sp³-hybridized carbons (Fsp3) is 0.417. The Morgan fingerprint density at radius 2 is 1.69 bits per heavy atom. The van der Waals surface area contributed by atoms with E-state index in [2.05, 4.69) is 34.9 Å². The van der Waals surface area contributed by atoms with E-state index in [0.717, 1.165) is 44.7 Å². The first-order chi connectivity index (χ1) is 14.1. The quantitative estimate of drug-likeness (QED) is 0.760. The highest BCUT2D eigenvalue weighted by Crippen LogP contribution is 2.18. The average Bonchev–Trinajstić information content (AvgIpc) is 2.98. The van der Waals surface area contributed by atoms with Crippen LogP contribution in [0.15, 0.2) is 54.6 Å². The normalized spacial score (nSPS) is 16.6. The van der Waals surface area contributed by atoms with Gasteiger partial charge in [0.2, 0.25) is 5.91 Å². The monoisotopic (exact) mass is 390 g/mol. The summed E-state index contributed by atoms with van der Waals surface area (Å²) < 4.78 is 0. The van der Waals surface area contributed by atoms with Gasteiger partial charge in [0.15, 0.2) is 0 Å². The number of amides is 1. The van der Waals surface area contributed by atoms with Gasteiger partial charge in [-0.15, -0.1) is 0 Å². The van der Waals surface area contributed by atoms with Gasteiger partial charge in [-0.05, 0) is 49.7 Å². The second-order valence-corrected chi connectivity index (χ2v) is 7.81. The van der Waals surface area contributed by atoms with E-state index in [1.165, 1.54) is 5.56 Å². The predicted octanol–water partition coefficient (Wildman–Crippen LogP) is 3.29. The van der Waals surface area contributed by atoms with Crippen LogP contribution in [0.3, 0.4) is 0 Å². The maximum absolute atomic E-state index is 12.8. The summed E-state index contributed by atoms with van der Waals surface area (Å²) >= 11 is 0. The minimum absolute atomic E-state index is 0.0727. The third kappa shape index (κ3) is 5.90. The lowest BCUT2D eigenvalue weighted by Gasteiger charge is -2.28. The molecular formula is C24H30N4O. The molecule has 0 saturated carbocycles. The van der Waals surface area contributed by atoms with Gasteiger partial charge in [-0.25, -0.2) is 0 Å². The molecule has 1 aliphatic heterocycles. The largest absolute Gasteiger partial charge is 0.338 e. The summed E-state index contributed by atoms with van der Waals surface area (Å²) in [5.41, 5.74) is 3.08. The molecule has 1 aliphatic rings. The molecule has 0 radical (unpaired) electrons. The van der Waals surface area contributed by atoms with E-state index in [1.54, 1.807) is 0 Å². The molecule has 0 aliphatic carbocycles. The average molecular weight is 391 g/mol. The van der Waals surface area contributed by atoms with Crippen LogP contribution < -0.4 is 0 Å². The number of benzene rings is 2. The highest BCUT2D eigenvalue weighted by molar-refractivity contribution is 5.78. The summed E-state index contributed by atoms with van der Waals surface area (Å²) in [4.78, 5) is 19.4. The first-order valence-corrected chi connectivity index (χ1v) is 10.3. The van der Waals surface area contributed by atoms with Gasteiger partial charge < -0.3 is 4.90 Å². The molecular weight excluding hydrogens is 360 g/mol. The minimum Gasteiger partial charge on any atom is -0.338 e. The van der Waals surface area contributed by atoms with Gasteiger partial charge in [0, 0.05) is 26.7 Å². The zero-order valence-electron chi connectivity index (χ0n) is 17.4. The molecule has 0 N–H and O–H groups in total. The Bertz CT molecular complexity index is 828. The highest BCUT2D eigenvalue weighted by atomic mass is 16.2. The van der Waals surface area contributed by atoms with Crippen molar-refractivity contribution < 1.29 is 4.79 Å². The summed E-state index contributed by atoms with van der Waals surface area (Å²) in [7, 11) is 1.90. The van der Waals surface area contributed by atoms with Crippen LogP contribution in [0.25, 0.3) is 0 Å². The van der Waals surface area contributed by atoms with Gasteiger partial charge in [0.25, 0.3) is 0 Å². The summed E-state index contributed by atoms with van der Waals surface area (Å²) in [6.45, 7) is 7.26.